The SMILES string of the molecule is Cc1ccccc1Nc1nc([C@@]2(C)C[C@]3(C[C@H](COCC(C)C)OC3=O)C(=O)O2)cs1. The summed E-state index contributed by atoms with van der Waals surface area (Å²) >= 11 is 1.44. The van der Waals surface area contributed by atoms with Crippen molar-refractivity contribution in [1.82, 2.24) is 4.98 Å². The monoisotopic (exact) mass is 444 g/mol. The van der Waals surface area contributed by atoms with Crippen molar-refractivity contribution in [2.24, 2.45) is 11.3 Å². The van der Waals surface area contributed by atoms with Crippen LogP contribution in [-0.4, -0.2) is 36.2 Å². The summed E-state index contributed by atoms with van der Waals surface area (Å²) in [6.07, 6.45) is 0.0535. The smallest absolute Gasteiger partial charge is 0.324 e. The van der Waals surface area contributed by atoms with Gasteiger partial charge in [0, 0.05) is 30.5 Å². The van der Waals surface area contributed by atoms with Gasteiger partial charge in [0.05, 0.1) is 12.3 Å². The van der Waals surface area contributed by atoms with Crippen LogP contribution in [0, 0.1) is 18.3 Å². The molecule has 0 radical (unpaired) electrons. The van der Waals surface area contributed by atoms with Crippen LogP contribution in [0.25, 0.3) is 0 Å². The van der Waals surface area contributed by atoms with Crippen molar-refractivity contribution < 1.29 is 23.8 Å². The van der Waals surface area contributed by atoms with E-state index >= 15 is 0 Å². The van der Waals surface area contributed by atoms with Crippen molar-refractivity contribution in [3.63, 3.8) is 0 Å². The van der Waals surface area contributed by atoms with Crippen molar-refractivity contribution in [2.45, 2.75) is 52.2 Å². The molecule has 1 spiro atoms. The van der Waals surface area contributed by atoms with E-state index in [9.17, 15) is 9.59 Å². The van der Waals surface area contributed by atoms with Crippen LogP contribution in [0.15, 0.2) is 29.6 Å². The molecule has 3 heterocycles. The van der Waals surface area contributed by atoms with Gasteiger partial charge in [-0.2, -0.15) is 0 Å². The van der Waals surface area contributed by atoms with Crippen LogP contribution in [0.5, 0.6) is 0 Å². The molecule has 0 aliphatic carbocycles. The van der Waals surface area contributed by atoms with Crippen molar-refractivity contribution in [1.29, 1.82) is 0 Å². The number of para-hydroxylation sites is 1. The number of nitrogens with one attached hydrogen (secondary N) is 1. The lowest BCUT2D eigenvalue weighted by molar-refractivity contribution is -0.160. The molecule has 0 bridgehead atoms. The average Bonchev–Trinajstić information content (AvgIpc) is 3.36. The van der Waals surface area contributed by atoms with Crippen molar-refractivity contribution in [2.75, 3.05) is 18.5 Å². The van der Waals surface area contributed by atoms with Gasteiger partial charge in [-0.15, -0.1) is 11.3 Å². The van der Waals surface area contributed by atoms with Crippen LogP contribution in [0.2, 0.25) is 0 Å². The van der Waals surface area contributed by atoms with Gasteiger partial charge in [-0.25, -0.2) is 4.98 Å². The first-order valence-electron chi connectivity index (χ1n) is 10.5. The van der Waals surface area contributed by atoms with E-state index in [-0.39, 0.29) is 19.4 Å². The van der Waals surface area contributed by atoms with Gasteiger partial charge in [-0.05, 0) is 31.4 Å². The molecular weight excluding hydrogens is 416 g/mol. The minimum Gasteiger partial charge on any atom is -0.459 e. The Morgan fingerprint density at radius 2 is 2.06 bits per heavy atom. The highest BCUT2D eigenvalue weighted by molar-refractivity contribution is 7.13. The van der Waals surface area contributed by atoms with Crippen LogP contribution < -0.4 is 5.32 Å². The molecule has 1 N–H and O–H groups in total. The van der Waals surface area contributed by atoms with E-state index in [0.29, 0.717) is 23.4 Å². The molecule has 31 heavy (non-hydrogen) atoms. The third-order valence-corrected chi connectivity index (χ3v) is 6.53. The summed E-state index contributed by atoms with van der Waals surface area (Å²) in [5.41, 5.74) is 0.444. The maximum Gasteiger partial charge on any atom is 0.324 e. The Morgan fingerprint density at radius 1 is 1.29 bits per heavy atom. The maximum absolute atomic E-state index is 12.9. The predicted molar refractivity (Wildman–Crippen MR) is 117 cm³/mol. The molecule has 2 fully saturated rings. The maximum atomic E-state index is 12.9. The van der Waals surface area contributed by atoms with E-state index in [1.807, 2.05) is 43.5 Å². The van der Waals surface area contributed by atoms with Crippen LogP contribution in [0.1, 0.15) is 44.9 Å². The van der Waals surface area contributed by atoms with Gasteiger partial charge in [0.2, 0.25) is 0 Å². The second-order valence-corrected chi connectivity index (χ2v) is 9.88. The predicted octanol–water partition coefficient (Wildman–Crippen LogP) is 4.33. The number of hydrogen-bond donors (Lipinski definition) is 1. The zero-order valence-corrected chi connectivity index (χ0v) is 19.1. The largest absolute Gasteiger partial charge is 0.459 e. The first kappa shape index (κ1) is 21.8. The number of nitrogens with zero attached hydrogens (tertiary/aromatic N) is 1. The summed E-state index contributed by atoms with van der Waals surface area (Å²) in [5, 5.41) is 5.89. The number of rotatable bonds is 7. The molecule has 166 valence electrons. The molecule has 2 aromatic rings. The second kappa shape index (κ2) is 8.24. The van der Waals surface area contributed by atoms with Crippen LogP contribution in [0.3, 0.4) is 0 Å². The fraction of sp³-hybridized carbons (Fsp3) is 0.522. The fourth-order valence-corrected chi connectivity index (χ4v) is 4.99. The lowest BCUT2D eigenvalue weighted by Crippen LogP contribution is -2.32. The van der Waals surface area contributed by atoms with E-state index in [2.05, 4.69) is 24.1 Å². The van der Waals surface area contributed by atoms with E-state index in [1.54, 1.807) is 0 Å². The minimum absolute atomic E-state index is 0.214. The molecule has 2 saturated heterocycles. The lowest BCUT2D eigenvalue weighted by Gasteiger charge is -2.20. The Labute approximate surface area is 186 Å². The van der Waals surface area contributed by atoms with Gasteiger partial charge in [-0.3, -0.25) is 9.59 Å². The number of carbonyl (C=O) groups excluding carboxylic acids is 2. The Hall–Kier alpha value is -2.45. The Bertz CT molecular complexity index is 990. The van der Waals surface area contributed by atoms with E-state index in [4.69, 9.17) is 14.2 Å². The number of aryl methyl sites for hydroxylation is 1. The lowest BCUT2D eigenvalue weighted by atomic mass is 9.78. The number of ether oxygens (including phenoxy) is 3. The molecular formula is C23H28N2O5S. The van der Waals surface area contributed by atoms with Crippen molar-refractivity contribution in [3.05, 3.63) is 40.9 Å². The van der Waals surface area contributed by atoms with Crippen LogP contribution >= 0.6 is 11.3 Å². The molecule has 7 nitrogen and oxygen atoms in total. The molecule has 0 unspecified atom stereocenters. The normalized spacial score (nSPS) is 27.7. The fourth-order valence-electron chi connectivity index (χ4n) is 4.15. The first-order valence-corrected chi connectivity index (χ1v) is 11.4. The Morgan fingerprint density at radius 3 is 2.81 bits per heavy atom. The third-order valence-electron chi connectivity index (χ3n) is 5.78. The van der Waals surface area contributed by atoms with E-state index in [1.165, 1.54) is 11.3 Å². The number of thiazole rings is 1. The zero-order valence-electron chi connectivity index (χ0n) is 18.3. The van der Waals surface area contributed by atoms with E-state index < -0.39 is 29.1 Å². The van der Waals surface area contributed by atoms with Gasteiger partial charge in [-0.1, -0.05) is 32.0 Å². The van der Waals surface area contributed by atoms with Gasteiger partial charge >= 0.3 is 11.9 Å². The number of cyclic esters (lactones) is 2. The number of esters is 2. The number of carbonyl (C=O) groups is 2. The molecule has 1 aromatic carbocycles. The Kier molecular flexibility index (Phi) is 5.79. The van der Waals surface area contributed by atoms with E-state index in [0.717, 1.165) is 11.3 Å². The van der Waals surface area contributed by atoms with Gasteiger partial charge in [0.1, 0.15) is 6.10 Å². The number of benzene rings is 1. The Balaban J connectivity index is 1.48. The zero-order chi connectivity index (χ0) is 22.2. The summed E-state index contributed by atoms with van der Waals surface area (Å²) in [7, 11) is 0. The highest BCUT2D eigenvalue weighted by Gasteiger charge is 2.65. The second-order valence-electron chi connectivity index (χ2n) is 9.02. The van der Waals surface area contributed by atoms with Gasteiger partial charge < -0.3 is 19.5 Å². The molecule has 4 rings (SSSR count). The molecule has 2 aliphatic heterocycles. The van der Waals surface area contributed by atoms with Gasteiger partial charge in [0.15, 0.2) is 16.1 Å². The minimum atomic E-state index is -1.28. The number of aromatic nitrogens is 1. The van der Waals surface area contributed by atoms with Crippen LogP contribution in [0.4, 0.5) is 10.8 Å². The number of anilines is 2. The molecule has 3 atom stereocenters. The summed E-state index contributed by atoms with van der Waals surface area (Å²) in [5.74, 6) is -0.668. The summed E-state index contributed by atoms with van der Waals surface area (Å²) in [6, 6.07) is 7.95. The standard InChI is InChI=1S/C23H28N2O5S/c1-14(2)10-28-11-16-9-23(19(26)29-16)13-22(4,30-20(23)27)18-12-31-21(25-18)24-17-8-6-5-7-15(17)3/h5-8,12,14,16H,9-11,13H2,1-4H3,(H,24,25)/t16-,22-,23+/m1/s1. The highest BCUT2D eigenvalue weighted by atomic mass is 32.1. The molecule has 0 saturated carbocycles. The highest BCUT2D eigenvalue weighted by Crippen LogP contribution is 2.52. The third kappa shape index (κ3) is 4.19. The number of hydrogen-bond acceptors (Lipinski definition) is 8. The molecule has 2 aliphatic rings. The topological polar surface area (TPSA) is 86.8 Å². The summed E-state index contributed by atoms with van der Waals surface area (Å²) in [6.45, 7) is 8.81. The quantitative estimate of drug-likeness (QED) is 0.502. The molecule has 0 amide bonds. The van der Waals surface area contributed by atoms with Gasteiger partial charge in [0.25, 0.3) is 0 Å². The molecule has 1 aromatic heterocycles. The average molecular weight is 445 g/mol. The summed E-state index contributed by atoms with van der Waals surface area (Å²) in [4.78, 5) is 30.2. The summed E-state index contributed by atoms with van der Waals surface area (Å²) < 4.78 is 16.9. The van der Waals surface area contributed by atoms with Crippen molar-refractivity contribution >= 4 is 34.1 Å². The first-order chi connectivity index (χ1) is 14.7. The van der Waals surface area contributed by atoms with Crippen LogP contribution in [-0.2, 0) is 29.4 Å². The van der Waals surface area contributed by atoms with Crippen molar-refractivity contribution in [3.8, 4) is 0 Å². The molecule has 8 heteroatoms.